The summed E-state index contributed by atoms with van der Waals surface area (Å²) in [5.74, 6) is 0.547. The predicted molar refractivity (Wildman–Crippen MR) is 83.1 cm³/mol. The fraction of sp³-hybridized carbons (Fsp3) is 0.500. The zero-order valence-electron chi connectivity index (χ0n) is 12.7. The van der Waals surface area contributed by atoms with E-state index < -0.39 is 0 Å². The van der Waals surface area contributed by atoms with Gasteiger partial charge in [-0.1, -0.05) is 0 Å². The predicted octanol–water partition coefficient (Wildman–Crippen LogP) is 0.610. The van der Waals surface area contributed by atoms with Crippen LogP contribution in [0.4, 0.5) is 5.82 Å². The van der Waals surface area contributed by atoms with Gasteiger partial charge in [-0.2, -0.15) is 10.5 Å². The number of anilines is 1. The summed E-state index contributed by atoms with van der Waals surface area (Å²) in [4.78, 5) is 18.4. The number of aromatic nitrogens is 1. The highest BCUT2D eigenvalue weighted by atomic mass is 16.2. The number of amides is 1. The van der Waals surface area contributed by atoms with Crippen molar-refractivity contribution in [1.29, 1.82) is 10.5 Å². The number of nitrogens with one attached hydrogen (secondary N) is 2. The average molecular weight is 310 g/mol. The first-order valence-electron chi connectivity index (χ1n) is 7.78. The highest BCUT2D eigenvalue weighted by molar-refractivity contribution is 5.83. The number of hydrogen-bond donors (Lipinski definition) is 2. The van der Waals surface area contributed by atoms with Gasteiger partial charge in [-0.15, -0.1) is 0 Å². The van der Waals surface area contributed by atoms with Crippen molar-refractivity contribution in [3.05, 3.63) is 23.9 Å². The van der Waals surface area contributed by atoms with Crippen LogP contribution in [0.3, 0.4) is 0 Å². The van der Waals surface area contributed by atoms with Crippen molar-refractivity contribution in [2.45, 2.75) is 37.4 Å². The van der Waals surface area contributed by atoms with E-state index in [-0.39, 0.29) is 24.0 Å². The number of carbonyl (C=O) groups is 1. The fourth-order valence-electron chi connectivity index (χ4n) is 3.20. The van der Waals surface area contributed by atoms with E-state index in [4.69, 9.17) is 10.5 Å². The Bertz CT molecular complexity index is 676. The number of likely N-dealkylation sites (tertiary alicyclic amines) is 1. The van der Waals surface area contributed by atoms with Crippen LogP contribution in [0, 0.1) is 22.7 Å². The van der Waals surface area contributed by atoms with E-state index in [2.05, 4.69) is 27.8 Å². The first kappa shape index (κ1) is 15.3. The average Bonchev–Trinajstić information content (AvgIpc) is 3.23. The lowest BCUT2D eigenvalue weighted by molar-refractivity contribution is -0.133. The standard InChI is InChI=1S/C16H18N6O/c17-8-11-3-1-5-19-15(11)21-12-7-14(20-10-12)16(23)22-6-2-4-13(22)9-18/h1,3,5,12-14,20H,2,4,6-7,10H2,(H,19,21)/t12-,13?,14-/m0/s1. The molecule has 1 amide bonds. The number of nitriles is 2. The van der Waals surface area contributed by atoms with Crippen molar-refractivity contribution < 1.29 is 4.79 Å². The largest absolute Gasteiger partial charge is 0.365 e. The Kier molecular flexibility index (Phi) is 4.40. The summed E-state index contributed by atoms with van der Waals surface area (Å²) in [7, 11) is 0. The maximum Gasteiger partial charge on any atom is 0.240 e. The third kappa shape index (κ3) is 3.10. The Labute approximate surface area is 134 Å². The summed E-state index contributed by atoms with van der Waals surface area (Å²) < 4.78 is 0. The molecule has 23 heavy (non-hydrogen) atoms. The van der Waals surface area contributed by atoms with Gasteiger partial charge in [-0.25, -0.2) is 4.98 Å². The molecule has 2 aliphatic rings. The molecular weight excluding hydrogens is 292 g/mol. The molecule has 2 aliphatic heterocycles. The van der Waals surface area contributed by atoms with E-state index in [1.54, 1.807) is 23.2 Å². The molecule has 0 aliphatic carbocycles. The molecule has 2 N–H and O–H groups in total. The molecule has 1 unspecified atom stereocenters. The summed E-state index contributed by atoms with van der Waals surface area (Å²) in [6.45, 7) is 1.29. The number of hydrogen-bond acceptors (Lipinski definition) is 6. The van der Waals surface area contributed by atoms with Gasteiger partial charge in [0, 0.05) is 25.3 Å². The summed E-state index contributed by atoms with van der Waals surface area (Å²) >= 11 is 0. The van der Waals surface area contributed by atoms with Crippen LogP contribution in [0.25, 0.3) is 0 Å². The zero-order valence-corrected chi connectivity index (χ0v) is 12.7. The lowest BCUT2D eigenvalue weighted by atomic mass is 10.1. The normalized spacial score (nSPS) is 26.5. The molecule has 3 rings (SSSR count). The van der Waals surface area contributed by atoms with Crippen molar-refractivity contribution in [1.82, 2.24) is 15.2 Å². The van der Waals surface area contributed by atoms with Crippen molar-refractivity contribution in [3.8, 4) is 12.1 Å². The minimum Gasteiger partial charge on any atom is -0.365 e. The van der Waals surface area contributed by atoms with Gasteiger partial charge >= 0.3 is 0 Å². The van der Waals surface area contributed by atoms with Gasteiger partial charge in [0.15, 0.2) is 0 Å². The molecular formula is C16H18N6O. The van der Waals surface area contributed by atoms with E-state index in [9.17, 15) is 4.79 Å². The molecule has 2 saturated heterocycles. The number of nitrogens with zero attached hydrogens (tertiary/aromatic N) is 4. The molecule has 7 heteroatoms. The minimum atomic E-state index is -0.294. The van der Waals surface area contributed by atoms with Crippen LogP contribution in [-0.2, 0) is 4.79 Å². The summed E-state index contributed by atoms with van der Waals surface area (Å²) in [6.07, 6.45) is 3.90. The van der Waals surface area contributed by atoms with Gasteiger partial charge in [0.2, 0.25) is 5.91 Å². The van der Waals surface area contributed by atoms with Crippen LogP contribution in [0.15, 0.2) is 18.3 Å². The Morgan fingerprint density at radius 3 is 3.13 bits per heavy atom. The smallest absolute Gasteiger partial charge is 0.240 e. The second-order valence-electron chi connectivity index (χ2n) is 5.87. The molecule has 3 heterocycles. The van der Waals surface area contributed by atoms with Crippen molar-refractivity contribution in [3.63, 3.8) is 0 Å². The van der Waals surface area contributed by atoms with E-state index in [0.29, 0.717) is 30.9 Å². The second kappa shape index (κ2) is 6.64. The quantitative estimate of drug-likeness (QED) is 0.847. The monoisotopic (exact) mass is 310 g/mol. The van der Waals surface area contributed by atoms with E-state index in [1.807, 2.05) is 0 Å². The van der Waals surface area contributed by atoms with E-state index in [0.717, 1.165) is 12.8 Å². The molecule has 3 atom stereocenters. The SMILES string of the molecule is N#Cc1cccnc1N[C@@H]1CN[C@H](C(=O)N2CCCC2C#N)C1. The maximum absolute atomic E-state index is 12.6. The molecule has 1 aromatic rings. The third-order valence-electron chi connectivity index (χ3n) is 4.38. The van der Waals surface area contributed by atoms with Crippen molar-refractivity contribution in [2.24, 2.45) is 0 Å². The molecule has 0 bridgehead atoms. The summed E-state index contributed by atoms with van der Waals surface area (Å²) in [6, 6.07) is 7.20. The van der Waals surface area contributed by atoms with Crippen LogP contribution >= 0.6 is 0 Å². The molecule has 118 valence electrons. The van der Waals surface area contributed by atoms with Crippen molar-refractivity contribution in [2.75, 3.05) is 18.4 Å². The van der Waals surface area contributed by atoms with Crippen LogP contribution < -0.4 is 10.6 Å². The third-order valence-corrected chi connectivity index (χ3v) is 4.38. The highest BCUT2D eigenvalue weighted by Crippen LogP contribution is 2.21. The van der Waals surface area contributed by atoms with Gasteiger partial charge in [-0.05, 0) is 31.4 Å². The number of rotatable bonds is 3. The molecule has 0 spiro atoms. The molecule has 7 nitrogen and oxygen atoms in total. The first-order valence-corrected chi connectivity index (χ1v) is 7.78. The van der Waals surface area contributed by atoms with Gasteiger partial charge in [0.1, 0.15) is 17.9 Å². The molecule has 1 aromatic heterocycles. The lowest BCUT2D eigenvalue weighted by Gasteiger charge is -2.23. The Balaban J connectivity index is 1.62. The summed E-state index contributed by atoms with van der Waals surface area (Å²) in [5, 5.41) is 24.7. The second-order valence-corrected chi connectivity index (χ2v) is 5.87. The van der Waals surface area contributed by atoms with Gasteiger partial charge in [0.25, 0.3) is 0 Å². The number of carbonyl (C=O) groups excluding carboxylic acids is 1. The van der Waals surface area contributed by atoms with Crippen LogP contribution in [0.2, 0.25) is 0 Å². The first-order chi connectivity index (χ1) is 11.2. The van der Waals surface area contributed by atoms with Crippen LogP contribution in [0.1, 0.15) is 24.8 Å². The maximum atomic E-state index is 12.6. The minimum absolute atomic E-state index is 0.000113. The summed E-state index contributed by atoms with van der Waals surface area (Å²) in [5.41, 5.74) is 0.492. The molecule has 2 fully saturated rings. The van der Waals surface area contributed by atoms with Gasteiger partial charge in [-0.3, -0.25) is 4.79 Å². The lowest BCUT2D eigenvalue weighted by Crippen LogP contribution is -2.45. The zero-order chi connectivity index (χ0) is 16.2. The van der Waals surface area contributed by atoms with Crippen LogP contribution in [-0.4, -0.2) is 47.0 Å². The molecule has 0 radical (unpaired) electrons. The van der Waals surface area contributed by atoms with Gasteiger partial charge in [0.05, 0.1) is 17.7 Å². The van der Waals surface area contributed by atoms with E-state index in [1.165, 1.54) is 0 Å². The fourth-order valence-corrected chi connectivity index (χ4v) is 3.20. The Morgan fingerprint density at radius 1 is 1.48 bits per heavy atom. The highest BCUT2D eigenvalue weighted by Gasteiger charge is 2.37. The molecule has 0 saturated carbocycles. The van der Waals surface area contributed by atoms with E-state index >= 15 is 0 Å². The Morgan fingerprint density at radius 2 is 2.35 bits per heavy atom. The number of pyridine rings is 1. The topological polar surface area (TPSA) is 105 Å². The molecule has 0 aromatic carbocycles. The Hall–Kier alpha value is -2.64. The van der Waals surface area contributed by atoms with Gasteiger partial charge < -0.3 is 15.5 Å². The van der Waals surface area contributed by atoms with Crippen LogP contribution in [0.5, 0.6) is 0 Å². The van der Waals surface area contributed by atoms with Crippen molar-refractivity contribution >= 4 is 11.7 Å².